The van der Waals surface area contributed by atoms with E-state index in [-0.39, 0.29) is 38.5 Å². The van der Waals surface area contributed by atoms with Crippen LogP contribution in [0.5, 0.6) is 0 Å². The summed E-state index contributed by atoms with van der Waals surface area (Å²) in [7, 11) is 0. The van der Waals surface area contributed by atoms with Gasteiger partial charge in [0.1, 0.15) is 30.2 Å². The minimum atomic E-state index is -1.22. The van der Waals surface area contributed by atoms with Gasteiger partial charge in [-0.2, -0.15) is 35.3 Å². The van der Waals surface area contributed by atoms with Gasteiger partial charge in [0.15, 0.2) is 0 Å². The number of carbonyl (C=O) groups is 6. The highest BCUT2D eigenvalue weighted by molar-refractivity contribution is 7.98. The minimum Gasteiger partial charge on any atom is -0.480 e. The Morgan fingerprint density at radius 2 is 0.891 bits per heavy atom. The summed E-state index contributed by atoms with van der Waals surface area (Å²) < 4.78 is 0. The van der Waals surface area contributed by atoms with Crippen molar-refractivity contribution in [2.45, 2.75) is 74.8 Å². The van der Waals surface area contributed by atoms with Crippen LogP contribution in [-0.2, 0) is 48.0 Å². The summed E-state index contributed by atoms with van der Waals surface area (Å²) in [5.41, 5.74) is 7.80. The number of H-pyrrole nitrogens is 3. The minimum absolute atomic E-state index is 0.0333. The van der Waals surface area contributed by atoms with Crippen LogP contribution in [-0.4, -0.2) is 143 Å². The molecule has 302 valence electrons. The van der Waals surface area contributed by atoms with E-state index < -0.39 is 71.8 Å². The zero-order chi connectivity index (χ0) is 40.2. The maximum atomic E-state index is 14.0. The van der Waals surface area contributed by atoms with Crippen LogP contribution in [0.2, 0.25) is 0 Å². The molecule has 0 saturated carbocycles. The molecule has 0 aliphatic carbocycles. The lowest BCUT2D eigenvalue weighted by Crippen LogP contribution is -2.60. The molecule has 3 aromatic rings. The monoisotopic (exact) mass is 822 g/mol. The number of rotatable bonds is 26. The fraction of sp³-hybridized carbons (Fsp3) is 0.545. The van der Waals surface area contributed by atoms with Gasteiger partial charge in [-0.05, 0) is 55.3 Å². The third kappa shape index (κ3) is 15.6. The van der Waals surface area contributed by atoms with E-state index >= 15 is 0 Å². The zero-order valence-electron chi connectivity index (χ0n) is 30.8. The van der Waals surface area contributed by atoms with Crippen molar-refractivity contribution in [1.29, 1.82) is 0 Å². The molecule has 55 heavy (non-hydrogen) atoms. The predicted octanol–water partition coefficient (Wildman–Crippen LogP) is -1.02. The van der Waals surface area contributed by atoms with Crippen molar-refractivity contribution in [3.8, 4) is 0 Å². The van der Waals surface area contributed by atoms with Gasteiger partial charge in [-0.3, -0.25) is 24.0 Å². The Labute approximate surface area is 331 Å². The normalized spacial score (nSPS) is 14.4. The largest absolute Gasteiger partial charge is 0.480 e. The number of carbonyl (C=O) groups excluding carboxylic acids is 5. The van der Waals surface area contributed by atoms with E-state index in [2.05, 4.69) is 56.5 Å². The summed E-state index contributed by atoms with van der Waals surface area (Å²) in [4.78, 5) is 101. The highest BCUT2D eigenvalue weighted by Gasteiger charge is 2.33. The Balaban J connectivity index is 1.81. The maximum Gasteiger partial charge on any atom is 0.326 e. The lowest BCUT2D eigenvalue weighted by Gasteiger charge is -2.27. The second kappa shape index (κ2) is 24.1. The topological polar surface area (TPSA) is 295 Å². The molecule has 0 aliphatic heterocycles. The summed E-state index contributed by atoms with van der Waals surface area (Å²) in [5, 5.41) is 23.1. The molecule has 3 aromatic heterocycles. The number of nitrogens with zero attached hydrogens (tertiary/aromatic N) is 3. The molecule has 0 radical (unpaired) electrons. The molecule has 0 aliphatic rings. The Bertz CT molecular complexity index is 1630. The number of hydrogen-bond acceptors (Lipinski definition) is 13. The first-order valence-corrected chi connectivity index (χ1v) is 21.5. The van der Waals surface area contributed by atoms with Crippen molar-refractivity contribution < 1.29 is 33.9 Å². The number of imidazole rings is 3. The SMILES string of the molecule is CSCC[C@H](NC(=O)[C@H](Cc1cnc[nH]1)NC(=O)[C@H](CCSC)NC(=O)[C@H](Cc1cnc[nH]1)NC(=O)[C@H](CCSC)NC(=O)[C@@H](N)Cc1cnc[nH]1)C(=O)O. The average molecular weight is 823 g/mol. The number of nitrogens with one attached hydrogen (secondary N) is 8. The van der Waals surface area contributed by atoms with E-state index in [4.69, 9.17) is 5.73 Å². The quantitative estimate of drug-likeness (QED) is 0.0464. The first kappa shape index (κ1) is 44.9. The number of carboxylic acids is 1. The van der Waals surface area contributed by atoms with Gasteiger partial charge in [0, 0.05) is 54.9 Å². The fourth-order valence-corrected chi connectivity index (χ4v) is 6.66. The smallest absolute Gasteiger partial charge is 0.326 e. The van der Waals surface area contributed by atoms with E-state index in [0.29, 0.717) is 34.3 Å². The molecule has 3 heterocycles. The third-order valence-corrected chi connectivity index (χ3v) is 10.2. The van der Waals surface area contributed by atoms with Crippen LogP contribution in [0.25, 0.3) is 0 Å². The molecule has 0 bridgehead atoms. The van der Waals surface area contributed by atoms with Gasteiger partial charge in [0.05, 0.1) is 25.0 Å². The molecule has 6 atom stereocenters. The molecular formula is C33H50N12O7S3. The van der Waals surface area contributed by atoms with Gasteiger partial charge in [0.25, 0.3) is 0 Å². The van der Waals surface area contributed by atoms with Crippen molar-refractivity contribution >= 4 is 70.8 Å². The van der Waals surface area contributed by atoms with Gasteiger partial charge >= 0.3 is 5.97 Å². The fourth-order valence-electron chi connectivity index (χ4n) is 5.25. The Hall–Kier alpha value is -4.54. The Morgan fingerprint density at radius 3 is 1.25 bits per heavy atom. The molecule has 0 unspecified atom stereocenters. The molecule has 11 N–H and O–H groups in total. The van der Waals surface area contributed by atoms with Crippen LogP contribution in [0.4, 0.5) is 0 Å². The van der Waals surface area contributed by atoms with Crippen LogP contribution in [0.15, 0.2) is 37.6 Å². The molecule has 22 heteroatoms. The Kier molecular flexibility index (Phi) is 19.6. The predicted molar refractivity (Wildman–Crippen MR) is 211 cm³/mol. The van der Waals surface area contributed by atoms with E-state index in [1.807, 2.05) is 18.8 Å². The number of aliphatic carboxylic acids is 1. The summed E-state index contributed by atoms with van der Waals surface area (Å²) in [5.74, 6) is -3.08. The van der Waals surface area contributed by atoms with Crippen molar-refractivity contribution in [1.82, 2.24) is 56.5 Å². The van der Waals surface area contributed by atoms with Gasteiger partial charge < -0.3 is 52.4 Å². The molecule has 0 saturated heterocycles. The number of nitrogens with two attached hydrogens (primary N) is 1. The van der Waals surface area contributed by atoms with Crippen molar-refractivity contribution in [3.05, 3.63) is 54.7 Å². The summed E-state index contributed by atoms with van der Waals surface area (Å²) in [6.07, 6.45) is 15.0. The Morgan fingerprint density at radius 1 is 0.564 bits per heavy atom. The number of amides is 5. The highest BCUT2D eigenvalue weighted by Crippen LogP contribution is 2.09. The molecular weight excluding hydrogens is 773 g/mol. The van der Waals surface area contributed by atoms with Gasteiger partial charge in [-0.25, -0.2) is 19.7 Å². The van der Waals surface area contributed by atoms with E-state index in [9.17, 15) is 33.9 Å². The second-order valence-electron chi connectivity index (χ2n) is 12.4. The average Bonchev–Trinajstić information content (AvgIpc) is 3.98. The van der Waals surface area contributed by atoms with Crippen molar-refractivity contribution in [3.63, 3.8) is 0 Å². The molecule has 0 fully saturated rings. The van der Waals surface area contributed by atoms with E-state index in [0.717, 1.165) is 0 Å². The lowest BCUT2D eigenvalue weighted by molar-refractivity contribution is -0.142. The summed E-state index contributed by atoms with van der Waals surface area (Å²) in [6, 6.07) is -6.79. The third-order valence-electron chi connectivity index (χ3n) is 8.27. The van der Waals surface area contributed by atoms with Gasteiger partial charge in [0.2, 0.25) is 29.5 Å². The molecule has 19 nitrogen and oxygen atoms in total. The maximum absolute atomic E-state index is 14.0. The summed E-state index contributed by atoms with van der Waals surface area (Å²) in [6.45, 7) is 0. The van der Waals surface area contributed by atoms with Crippen molar-refractivity contribution in [2.24, 2.45) is 5.73 Å². The van der Waals surface area contributed by atoms with Crippen LogP contribution in [0.3, 0.4) is 0 Å². The number of carboxylic acid groups (broad SMARTS) is 1. The molecule has 0 aromatic carbocycles. The van der Waals surface area contributed by atoms with Crippen LogP contribution >= 0.6 is 35.3 Å². The van der Waals surface area contributed by atoms with E-state index in [1.54, 1.807) is 6.20 Å². The lowest BCUT2D eigenvalue weighted by atomic mass is 10.1. The van der Waals surface area contributed by atoms with Gasteiger partial charge in [-0.15, -0.1) is 0 Å². The standard InChI is InChI=1S/C33H50N12O7S3/c1-53-7-4-23(41-28(46)22(34)10-19-13-35-16-38-19)29(47)44-26(11-20-14-36-17-39-20)31(49)42-24(5-8-54-2)30(48)45-27(12-21-15-37-18-40-21)32(50)43-25(33(51)52)6-9-55-3/h13-18,22-27H,4-12,34H2,1-3H3,(H,35,38)(H,36,39)(H,37,40)(H,41,46)(H,42,49)(H,43,50)(H,44,47)(H,45,48)(H,51,52)/t22-,23-,24-,25-,26-,27-/m0/s1. The van der Waals surface area contributed by atoms with Gasteiger partial charge in [-0.1, -0.05) is 0 Å². The first-order valence-electron chi connectivity index (χ1n) is 17.3. The van der Waals surface area contributed by atoms with Crippen LogP contribution < -0.4 is 32.3 Å². The number of thioether (sulfide) groups is 3. The molecule has 0 spiro atoms. The summed E-state index contributed by atoms with van der Waals surface area (Å²) >= 11 is 4.34. The first-order chi connectivity index (χ1) is 26.4. The van der Waals surface area contributed by atoms with E-state index in [1.165, 1.54) is 66.7 Å². The van der Waals surface area contributed by atoms with Crippen LogP contribution in [0.1, 0.15) is 36.3 Å². The number of aromatic amines is 3. The zero-order valence-corrected chi connectivity index (χ0v) is 33.3. The molecule has 5 amide bonds. The second-order valence-corrected chi connectivity index (χ2v) is 15.4. The highest BCUT2D eigenvalue weighted by atomic mass is 32.2. The number of aromatic nitrogens is 6. The number of hydrogen-bond donors (Lipinski definition) is 10. The van der Waals surface area contributed by atoms with Crippen molar-refractivity contribution in [2.75, 3.05) is 36.0 Å². The van der Waals surface area contributed by atoms with Crippen LogP contribution in [0, 0.1) is 0 Å². The molecule has 3 rings (SSSR count).